The molecule has 2 rings (SSSR count). The quantitative estimate of drug-likeness (QED) is 0.708. The smallest absolute Gasteiger partial charge is 0.120 e. The summed E-state index contributed by atoms with van der Waals surface area (Å²) >= 11 is 5.97. The third-order valence-corrected chi connectivity index (χ3v) is 2.84. The minimum atomic E-state index is 0.344. The van der Waals surface area contributed by atoms with E-state index in [-0.39, 0.29) is 0 Å². The van der Waals surface area contributed by atoms with Gasteiger partial charge in [0.05, 0.1) is 0 Å². The third-order valence-electron chi connectivity index (χ3n) is 2.51. The molecule has 2 heteroatoms. The summed E-state index contributed by atoms with van der Waals surface area (Å²) in [6.07, 6.45) is 1.15. The third kappa shape index (κ3) is 1.18. The van der Waals surface area contributed by atoms with Gasteiger partial charge in [-0.2, -0.15) is 0 Å². The van der Waals surface area contributed by atoms with E-state index < -0.39 is 0 Å². The second-order valence-corrected chi connectivity index (χ2v) is 3.90. The molecule has 1 nitrogen and oxygen atoms in total. The molecule has 0 radical (unpaired) electrons. The molecule has 0 saturated heterocycles. The van der Waals surface area contributed by atoms with Gasteiger partial charge in [-0.25, -0.2) is 0 Å². The van der Waals surface area contributed by atoms with Gasteiger partial charge in [-0.15, -0.1) is 0 Å². The Labute approximate surface area is 77.0 Å². The molecule has 0 spiro atoms. The summed E-state index contributed by atoms with van der Waals surface area (Å²) < 4.78 is 0. The van der Waals surface area contributed by atoms with Crippen molar-refractivity contribution in [1.82, 2.24) is 0 Å². The number of phenols is 1. The van der Waals surface area contributed by atoms with Gasteiger partial charge < -0.3 is 5.11 Å². The van der Waals surface area contributed by atoms with Crippen LogP contribution in [0.3, 0.4) is 0 Å². The van der Waals surface area contributed by atoms with E-state index in [2.05, 4.69) is 6.92 Å². The molecule has 0 aromatic heterocycles. The molecule has 0 aliphatic heterocycles. The fraction of sp³-hybridized carbons (Fsp3) is 0.400. The molecule has 0 bridgehead atoms. The van der Waals surface area contributed by atoms with Gasteiger partial charge in [0.15, 0.2) is 0 Å². The Morgan fingerprint density at radius 2 is 2.17 bits per heavy atom. The summed E-state index contributed by atoms with van der Waals surface area (Å²) in [5.74, 6) is 1.51. The highest BCUT2D eigenvalue weighted by atomic mass is 35.5. The number of halogens is 1. The molecule has 1 N–H and O–H groups in total. The van der Waals surface area contributed by atoms with Crippen LogP contribution in [0.15, 0.2) is 18.2 Å². The van der Waals surface area contributed by atoms with E-state index >= 15 is 0 Å². The SMILES string of the molecule is CC1CC1c1c(O)cccc1Cl. The molecular weight excluding hydrogens is 172 g/mol. The summed E-state index contributed by atoms with van der Waals surface area (Å²) in [6.45, 7) is 2.17. The molecule has 2 atom stereocenters. The first-order chi connectivity index (χ1) is 5.70. The van der Waals surface area contributed by atoms with Crippen LogP contribution in [-0.4, -0.2) is 5.11 Å². The highest BCUT2D eigenvalue weighted by Gasteiger charge is 2.37. The Balaban J connectivity index is 2.41. The standard InChI is InChI=1S/C10H11ClO/c1-6-5-7(6)10-8(11)3-2-4-9(10)12/h2-4,6-7,12H,5H2,1H3. The monoisotopic (exact) mass is 182 g/mol. The number of hydrogen-bond donors (Lipinski definition) is 1. The Kier molecular flexibility index (Phi) is 1.76. The molecule has 1 aliphatic carbocycles. The van der Waals surface area contributed by atoms with E-state index in [1.165, 1.54) is 0 Å². The van der Waals surface area contributed by atoms with Gasteiger partial charge >= 0.3 is 0 Å². The number of rotatable bonds is 1. The Hall–Kier alpha value is -0.690. The van der Waals surface area contributed by atoms with E-state index in [0.29, 0.717) is 22.6 Å². The zero-order valence-corrected chi connectivity index (χ0v) is 7.67. The predicted octanol–water partition coefficient (Wildman–Crippen LogP) is 3.17. The van der Waals surface area contributed by atoms with Crippen LogP contribution in [-0.2, 0) is 0 Å². The topological polar surface area (TPSA) is 20.2 Å². The Morgan fingerprint density at radius 1 is 1.50 bits per heavy atom. The fourth-order valence-corrected chi connectivity index (χ4v) is 1.93. The maximum absolute atomic E-state index is 9.54. The van der Waals surface area contributed by atoms with Crippen LogP contribution in [0.2, 0.25) is 5.02 Å². The van der Waals surface area contributed by atoms with Gasteiger partial charge in [-0.05, 0) is 30.4 Å². The van der Waals surface area contributed by atoms with Crippen LogP contribution in [0.5, 0.6) is 5.75 Å². The zero-order valence-electron chi connectivity index (χ0n) is 6.92. The number of aromatic hydroxyl groups is 1. The number of phenolic OH excluding ortho intramolecular Hbond substituents is 1. The van der Waals surface area contributed by atoms with Crippen molar-refractivity contribution in [3.8, 4) is 5.75 Å². The largest absolute Gasteiger partial charge is 0.508 e. The summed E-state index contributed by atoms with van der Waals surface area (Å²) in [5.41, 5.74) is 0.937. The molecular formula is C10H11ClO. The van der Waals surface area contributed by atoms with Crippen molar-refractivity contribution in [2.75, 3.05) is 0 Å². The molecule has 1 aliphatic rings. The minimum absolute atomic E-state index is 0.344. The summed E-state index contributed by atoms with van der Waals surface area (Å²) in [7, 11) is 0. The number of hydrogen-bond acceptors (Lipinski definition) is 1. The van der Waals surface area contributed by atoms with E-state index in [1.54, 1.807) is 12.1 Å². The molecule has 64 valence electrons. The second-order valence-electron chi connectivity index (χ2n) is 3.49. The average molecular weight is 183 g/mol. The molecule has 1 saturated carbocycles. The highest BCUT2D eigenvalue weighted by Crippen LogP contribution is 2.51. The van der Waals surface area contributed by atoms with Crippen LogP contribution in [0.1, 0.15) is 24.8 Å². The molecule has 0 heterocycles. The van der Waals surface area contributed by atoms with E-state index in [4.69, 9.17) is 11.6 Å². The lowest BCUT2D eigenvalue weighted by molar-refractivity contribution is 0.467. The van der Waals surface area contributed by atoms with Gasteiger partial charge in [-0.3, -0.25) is 0 Å². The maximum atomic E-state index is 9.54. The second kappa shape index (κ2) is 2.67. The molecule has 1 fully saturated rings. The molecule has 2 unspecified atom stereocenters. The minimum Gasteiger partial charge on any atom is -0.508 e. The van der Waals surface area contributed by atoms with Crippen LogP contribution in [0, 0.1) is 5.92 Å². The Morgan fingerprint density at radius 3 is 2.67 bits per heavy atom. The van der Waals surface area contributed by atoms with E-state index in [1.807, 2.05) is 6.07 Å². The van der Waals surface area contributed by atoms with E-state index in [9.17, 15) is 5.11 Å². The van der Waals surface area contributed by atoms with Crippen LogP contribution in [0.4, 0.5) is 0 Å². The maximum Gasteiger partial charge on any atom is 0.120 e. The molecule has 1 aromatic carbocycles. The normalized spacial score (nSPS) is 27.2. The summed E-state index contributed by atoms with van der Waals surface area (Å²) in [4.78, 5) is 0. The lowest BCUT2D eigenvalue weighted by Gasteiger charge is -2.04. The highest BCUT2D eigenvalue weighted by molar-refractivity contribution is 6.31. The van der Waals surface area contributed by atoms with Crippen LogP contribution < -0.4 is 0 Å². The average Bonchev–Trinajstić information content (AvgIpc) is 2.67. The molecule has 1 aromatic rings. The van der Waals surface area contributed by atoms with Gasteiger partial charge in [0.25, 0.3) is 0 Å². The van der Waals surface area contributed by atoms with Gasteiger partial charge in [0.1, 0.15) is 5.75 Å². The first kappa shape index (κ1) is 7.93. The van der Waals surface area contributed by atoms with Crippen molar-refractivity contribution >= 4 is 11.6 Å². The van der Waals surface area contributed by atoms with Crippen molar-refractivity contribution in [1.29, 1.82) is 0 Å². The van der Waals surface area contributed by atoms with Gasteiger partial charge in [0, 0.05) is 10.6 Å². The van der Waals surface area contributed by atoms with Crippen molar-refractivity contribution in [2.45, 2.75) is 19.3 Å². The van der Waals surface area contributed by atoms with Crippen LogP contribution >= 0.6 is 11.6 Å². The molecule has 12 heavy (non-hydrogen) atoms. The molecule has 0 amide bonds. The lowest BCUT2D eigenvalue weighted by Crippen LogP contribution is -1.83. The Bertz CT molecular complexity index is 288. The predicted molar refractivity (Wildman–Crippen MR) is 49.6 cm³/mol. The van der Waals surface area contributed by atoms with Crippen molar-refractivity contribution in [3.63, 3.8) is 0 Å². The van der Waals surface area contributed by atoms with Crippen molar-refractivity contribution in [2.24, 2.45) is 5.92 Å². The van der Waals surface area contributed by atoms with Crippen LogP contribution in [0.25, 0.3) is 0 Å². The first-order valence-electron chi connectivity index (χ1n) is 4.17. The zero-order chi connectivity index (χ0) is 8.72. The number of benzene rings is 1. The van der Waals surface area contributed by atoms with Gasteiger partial charge in [-0.1, -0.05) is 24.6 Å². The van der Waals surface area contributed by atoms with Crippen molar-refractivity contribution in [3.05, 3.63) is 28.8 Å². The van der Waals surface area contributed by atoms with Gasteiger partial charge in [0.2, 0.25) is 0 Å². The summed E-state index contributed by atoms with van der Waals surface area (Å²) in [6, 6.07) is 5.31. The van der Waals surface area contributed by atoms with E-state index in [0.717, 1.165) is 12.0 Å². The lowest BCUT2D eigenvalue weighted by atomic mass is 10.1. The summed E-state index contributed by atoms with van der Waals surface area (Å²) in [5, 5.41) is 10.2. The first-order valence-corrected chi connectivity index (χ1v) is 4.55. The fourth-order valence-electron chi connectivity index (χ4n) is 1.62. The van der Waals surface area contributed by atoms with Crippen molar-refractivity contribution < 1.29 is 5.11 Å².